The van der Waals surface area contributed by atoms with Gasteiger partial charge in [-0.25, -0.2) is 0 Å². The van der Waals surface area contributed by atoms with Crippen LogP contribution in [-0.2, 0) is 4.84 Å². The van der Waals surface area contributed by atoms with Crippen LogP contribution in [0.1, 0.15) is 30.1 Å². The van der Waals surface area contributed by atoms with Crippen molar-refractivity contribution in [2.45, 2.75) is 25.9 Å². The lowest BCUT2D eigenvalue weighted by molar-refractivity contribution is 0.0569. The van der Waals surface area contributed by atoms with E-state index in [4.69, 9.17) is 4.84 Å². The third-order valence-corrected chi connectivity index (χ3v) is 2.99. The molecule has 2 aromatic carbocycles. The number of benzene rings is 2. The average molecular weight is 269 g/mol. The van der Waals surface area contributed by atoms with E-state index >= 15 is 0 Å². The molecule has 0 aliphatic heterocycles. The quantitative estimate of drug-likeness (QED) is 0.608. The zero-order chi connectivity index (χ0) is 14.2. The zero-order valence-electron chi connectivity index (χ0n) is 11.6. The summed E-state index contributed by atoms with van der Waals surface area (Å²) in [4.78, 5) is 18.0. The normalized spacial score (nSPS) is 11.8. The largest absolute Gasteiger partial charge is 0.291 e. The van der Waals surface area contributed by atoms with E-state index in [-0.39, 0.29) is 5.78 Å². The maximum atomic E-state index is 12.4. The maximum absolute atomic E-state index is 12.4. The smallest absolute Gasteiger partial charge is 0.194 e. The number of hydrogen-bond acceptors (Lipinski definition) is 3. The van der Waals surface area contributed by atoms with Crippen molar-refractivity contribution in [3.8, 4) is 0 Å². The summed E-state index contributed by atoms with van der Waals surface area (Å²) in [6, 6.07) is 18.8. The van der Waals surface area contributed by atoms with Crippen LogP contribution in [0, 0.1) is 0 Å². The van der Waals surface area contributed by atoms with Crippen molar-refractivity contribution in [3.05, 3.63) is 66.2 Å². The van der Waals surface area contributed by atoms with Gasteiger partial charge in [-0.1, -0.05) is 61.9 Å². The molecule has 0 heterocycles. The molecule has 0 aliphatic rings. The molecule has 1 unspecified atom stereocenters. The van der Waals surface area contributed by atoms with Gasteiger partial charge >= 0.3 is 0 Å². The number of carbonyl (C=O) groups excluding carboxylic acids is 1. The van der Waals surface area contributed by atoms with Crippen LogP contribution in [0.4, 0.5) is 5.69 Å². The van der Waals surface area contributed by atoms with Gasteiger partial charge in [0.25, 0.3) is 0 Å². The third kappa shape index (κ3) is 3.93. The van der Waals surface area contributed by atoms with Crippen LogP contribution in [0.25, 0.3) is 0 Å². The van der Waals surface area contributed by atoms with Crippen molar-refractivity contribution >= 4 is 11.5 Å². The average Bonchev–Trinajstić information content (AvgIpc) is 2.52. The second kappa shape index (κ2) is 7.46. The maximum Gasteiger partial charge on any atom is 0.194 e. The van der Waals surface area contributed by atoms with Crippen LogP contribution in [0.3, 0.4) is 0 Å². The summed E-state index contributed by atoms with van der Waals surface area (Å²) in [7, 11) is 0. The zero-order valence-corrected chi connectivity index (χ0v) is 11.6. The van der Waals surface area contributed by atoms with Crippen LogP contribution in [0.15, 0.2) is 60.7 Å². The van der Waals surface area contributed by atoms with Crippen molar-refractivity contribution in [2.24, 2.45) is 0 Å². The lowest BCUT2D eigenvalue weighted by Crippen LogP contribution is -2.26. The monoisotopic (exact) mass is 269 g/mol. The van der Waals surface area contributed by atoms with Crippen molar-refractivity contribution in [1.29, 1.82) is 0 Å². The molecule has 0 radical (unpaired) electrons. The summed E-state index contributed by atoms with van der Waals surface area (Å²) < 4.78 is 0. The van der Waals surface area contributed by atoms with Crippen LogP contribution in [0.5, 0.6) is 0 Å². The van der Waals surface area contributed by atoms with E-state index in [1.54, 1.807) is 0 Å². The van der Waals surface area contributed by atoms with Crippen LogP contribution in [0.2, 0.25) is 0 Å². The highest BCUT2D eigenvalue weighted by Crippen LogP contribution is 2.13. The molecule has 0 aromatic heterocycles. The van der Waals surface area contributed by atoms with Gasteiger partial charge in [-0.15, -0.1) is 0 Å². The number of carbonyl (C=O) groups is 1. The standard InChI is InChI=1S/C17H19NO2/c1-2-9-16(17(19)14-10-5-3-6-11-14)20-18-15-12-7-4-8-13-15/h3-8,10-13,16,18H,2,9H2,1H3. The number of para-hydroxylation sites is 1. The minimum absolute atomic E-state index is 0.0101. The van der Waals surface area contributed by atoms with Gasteiger partial charge in [0.05, 0.1) is 5.69 Å². The molecule has 2 rings (SSSR count). The molecule has 0 bridgehead atoms. The molecule has 0 aliphatic carbocycles. The van der Waals surface area contributed by atoms with Gasteiger partial charge < -0.3 is 0 Å². The molecule has 1 N–H and O–H groups in total. The van der Waals surface area contributed by atoms with Gasteiger partial charge in [-0.05, 0) is 18.6 Å². The van der Waals surface area contributed by atoms with Crippen LogP contribution in [-0.4, -0.2) is 11.9 Å². The van der Waals surface area contributed by atoms with Gasteiger partial charge in [0.2, 0.25) is 0 Å². The van der Waals surface area contributed by atoms with Gasteiger partial charge in [-0.2, -0.15) is 0 Å². The summed E-state index contributed by atoms with van der Waals surface area (Å²) in [5.74, 6) is 0.0101. The summed E-state index contributed by atoms with van der Waals surface area (Å²) in [5.41, 5.74) is 4.38. The highest BCUT2D eigenvalue weighted by molar-refractivity contribution is 5.99. The Morgan fingerprint density at radius 1 is 1.05 bits per heavy atom. The Balaban J connectivity index is 2.02. The first kappa shape index (κ1) is 14.3. The highest BCUT2D eigenvalue weighted by Gasteiger charge is 2.20. The summed E-state index contributed by atoms with van der Waals surface area (Å²) >= 11 is 0. The summed E-state index contributed by atoms with van der Waals surface area (Å²) in [5, 5.41) is 0. The topological polar surface area (TPSA) is 38.3 Å². The predicted octanol–water partition coefficient (Wildman–Crippen LogP) is 4.08. The molecule has 2 aromatic rings. The van der Waals surface area contributed by atoms with E-state index < -0.39 is 6.10 Å². The first-order valence-electron chi connectivity index (χ1n) is 6.87. The fourth-order valence-corrected chi connectivity index (χ4v) is 1.94. The molecule has 1 atom stereocenters. The minimum atomic E-state index is -0.470. The molecule has 3 nitrogen and oxygen atoms in total. The molecular weight excluding hydrogens is 250 g/mol. The number of anilines is 1. The lowest BCUT2D eigenvalue weighted by atomic mass is 10.0. The van der Waals surface area contributed by atoms with Gasteiger partial charge in [0, 0.05) is 5.56 Å². The Morgan fingerprint density at radius 3 is 2.25 bits per heavy atom. The van der Waals surface area contributed by atoms with Crippen molar-refractivity contribution in [3.63, 3.8) is 0 Å². The molecule has 0 spiro atoms. The summed E-state index contributed by atoms with van der Waals surface area (Å²) in [6.45, 7) is 2.04. The van der Waals surface area contributed by atoms with Crippen LogP contribution < -0.4 is 5.48 Å². The Kier molecular flexibility index (Phi) is 5.33. The number of rotatable bonds is 7. The molecular formula is C17H19NO2. The van der Waals surface area contributed by atoms with Crippen molar-refractivity contribution in [2.75, 3.05) is 5.48 Å². The first-order chi connectivity index (χ1) is 9.81. The van der Waals surface area contributed by atoms with E-state index in [2.05, 4.69) is 5.48 Å². The number of nitrogens with one attached hydrogen (secondary N) is 1. The van der Waals surface area contributed by atoms with Gasteiger partial charge in [-0.3, -0.25) is 15.1 Å². The Morgan fingerprint density at radius 2 is 1.65 bits per heavy atom. The number of ketones is 1. The molecule has 0 saturated heterocycles. The second-order valence-electron chi connectivity index (χ2n) is 4.59. The SMILES string of the molecule is CCCC(ONc1ccccc1)C(=O)c1ccccc1. The fourth-order valence-electron chi connectivity index (χ4n) is 1.94. The molecule has 104 valence electrons. The summed E-state index contributed by atoms with van der Waals surface area (Å²) in [6.07, 6.45) is 1.11. The third-order valence-electron chi connectivity index (χ3n) is 2.99. The molecule has 0 amide bonds. The number of hydrogen-bond donors (Lipinski definition) is 1. The Bertz CT molecular complexity index is 525. The van der Waals surface area contributed by atoms with E-state index in [0.717, 1.165) is 12.1 Å². The molecule has 20 heavy (non-hydrogen) atoms. The highest BCUT2D eigenvalue weighted by atomic mass is 16.7. The van der Waals surface area contributed by atoms with Crippen molar-refractivity contribution in [1.82, 2.24) is 0 Å². The fraction of sp³-hybridized carbons (Fsp3) is 0.235. The number of Topliss-reactive ketones (excluding diaryl/α,β-unsaturated/α-hetero) is 1. The predicted molar refractivity (Wildman–Crippen MR) is 80.6 cm³/mol. The molecule has 0 fully saturated rings. The van der Waals surface area contributed by atoms with E-state index in [9.17, 15) is 4.79 Å². The Hall–Kier alpha value is -2.13. The molecule has 0 saturated carbocycles. The van der Waals surface area contributed by atoms with Crippen molar-refractivity contribution < 1.29 is 9.63 Å². The first-order valence-corrected chi connectivity index (χ1v) is 6.87. The minimum Gasteiger partial charge on any atom is -0.291 e. The van der Waals surface area contributed by atoms with E-state index in [0.29, 0.717) is 12.0 Å². The van der Waals surface area contributed by atoms with Crippen LogP contribution >= 0.6 is 0 Å². The van der Waals surface area contributed by atoms with Gasteiger partial charge in [0.15, 0.2) is 5.78 Å². The Labute approximate surface area is 119 Å². The van der Waals surface area contributed by atoms with E-state index in [1.165, 1.54) is 0 Å². The van der Waals surface area contributed by atoms with Gasteiger partial charge in [0.1, 0.15) is 6.10 Å². The van der Waals surface area contributed by atoms with E-state index in [1.807, 2.05) is 67.6 Å². The molecule has 3 heteroatoms. The second-order valence-corrected chi connectivity index (χ2v) is 4.59. The lowest BCUT2D eigenvalue weighted by Gasteiger charge is -2.17.